The Bertz CT molecular complexity index is 945. The molecule has 6 nitrogen and oxygen atoms in total. The monoisotopic (exact) mass is 379 g/mol. The zero-order valence-electron chi connectivity index (χ0n) is 13.7. The Labute approximate surface area is 150 Å². The van der Waals surface area contributed by atoms with Crippen LogP contribution in [0.3, 0.4) is 0 Å². The van der Waals surface area contributed by atoms with Gasteiger partial charge >= 0.3 is 0 Å². The van der Waals surface area contributed by atoms with E-state index < -0.39 is 10.0 Å². The van der Waals surface area contributed by atoms with Crippen LogP contribution in [0.4, 0.5) is 0 Å². The highest BCUT2D eigenvalue weighted by atomic mass is 32.2. The molecule has 0 bridgehead atoms. The minimum absolute atomic E-state index is 0.0133. The molecule has 0 saturated heterocycles. The number of furan rings is 1. The van der Waals surface area contributed by atoms with Gasteiger partial charge < -0.3 is 13.9 Å². The molecule has 0 aliphatic rings. The van der Waals surface area contributed by atoms with E-state index in [1.165, 1.54) is 20.3 Å². The predicted octanol–water partition coefficient (Wildman–Crippen LogP) is 3.50. The van der Waals surface area contributed by atoms with E-state index in [0.717, 1.165) is 4.88 Å². The van der Waals surface area contributed by atoms with Gasteiger partial charge in [-0.3, -0.25) is 0 Å². The SMILES string of the molecule is COc1ccc(OC)c(S(=O)(=O)NCc2ccc(-c3cccs3)o2)c1. The third kappa shape index (κ3) is 3.87. The summed E-state index contributed by atoms with van der Waals surface area (Å²) in [7, 11) is -0.901. The predicted molar refractivity (Wildman–Crippen MR) is 95.6 cm³/mol. The molecule has 0 spiro atoms. The van der Waals surface area contributed by atoms with Crippen molar-refractivity contribution in [1.29, 1.82) is 0 Å². The molecule has 25 heavy (non-hydrogen) atoms. The van der Waals surface area contributed by atoms with Crippen LogP contribution in [0.25, 0.3) is 10.6 Å². The molecular formula is C17H17NO5S2. The fourth-order valence-electron chi connectivity index (χ4n) is 2.26. The highest BCUT2D eigenvalue weighted by Crippen LogP contribution is 2.29. The molecular weight excluding hydrogens is 362 g/mol. The lowest BCUT2D eigenvalue weighted by atomic mass is 10.3. The Balaban J connectivity index is 1.78. The van der Waals surface area contributed by atoms with E-state index in [4.69, 9.17) is 13.9 Å². The molecule has 1 aromatic carbocycles. The highest BCUT2D eigenvalue weighted by molar-refractivity contribution is 7.89. The number of hydrogen-bond acceptors (Lipinski definition) is 6. The van der Waals surface area contributed by atoms with Crippen molar-refractivity contribution >= 4 is 21.4 Å². The van der Waals surface area contributed by atoms with Crippen molar-refractivity contribution < 1.29 is 22.3 Å². The molecule has 8 heteroatoms. The van der Waals surface area contributed by atoms with Gasteiger partial charge in [0.05, 0.1) is 25.6 Å². The van der Waals surface area contributed by atoms with Gasteiger partial charge in [0.2, 0.25) is 10.0 Å². The van der Waals surface area contributed by atoms with E-state index >= 15 is 0 Å². The molecule has 3 rings (SSSR count). The molecule has 0 atom stereocenters. The third-order valence-corrected chi connectivity index (χ3v) is 5.83. The molecule has 2 aromatic heterocycles. The van der Waals surface area contributed by atoms with E-state index in [1.807, 2.05) is 23.6 Å². The second kappa shape index (κ2) is 7.30. The molecule has 0 fully saturated rings. The van der Waals surface area contributed by atoms with Crippen molar-refractivity contribution in [3.05, 3.63) is 53.6 Å². The van der Waals surface area contributed by atoms with Crippen molar-refractivity contribution in [2.75, 3.05) is 14.2 Å². The number of thiophene rings is 1. The molecule has 0 aliphatic carbocycles. The van der Waals surface area contributed by atoms with E-state index in [0.29, 0.717) is 17.3 Å². The van der Waals surface area contributed by atoms with Gasteiger partial charge in [0.25, 0.3) is 0 Å². The van der Waals surface area contributed by atoms with Gasteiger partial charge in [0, 0.05) is 6.07 Å². The van der Waals surface area contributed by atoms with Crippen LogP contribution in [-0.4, -0.2) is 22.6 Å². The summed E-state index contributed by atoms with van der Waals surface area (Å²) in [5.41, 5.74) is 0. The molecule has 0 unspecified atom stereocenters. The summed E-state index contributed by atoms with van der Waals surface area (Å²) in [6.45, 7) is 0.0358. The van der Waals surface area contributed by atoms with Crippen LogP contribution in [0.15, 0.2) is 57.2 Å². The number of sulfonamides is 1. The van der Waals surface area contributed by atoms with Gasteiger partial charge in [0.1, 0.15) is 27.9 Å². The maximum atomic E-state index is 12.6. The van der Waals surface area contributed by atoms with Gasteiger partial charge in [-0.25, -0.2) is 13.1 Å². The van der Waals surface area contributed by atoms with E-state index in [9.17, 15) is 8.42 Å². The lowest BCUT2D eigenvalue weighted by Gasteiger charge is -2.11. The van der Waals surface area contributed by atoms with Gasteiger partial charge in [0.15, 0.2) is 0 Å². The van der Waals surface area contributed by atoms with Crippen molar-refractivity contribution in [2.45, 2.75) is 11.4 Å². The first-order valence-electron chi connectivity index (χ1n) is 7.38. The minimum atomic E-state index is -3.79. The second-order valence-electron chi connectivity index (χ2n) is 5.08. The summed E-state index contributed by atoms with van der Waals surface area (Å²) >= 11 is 1.56. The van der Waals surface area contributed by atoms with Crippen LogP contribution >= 0.6 is 11.3 Å². The highest BCUT2D eigenvalue weighted by Gasteiger charge is 2.21. The Morgan fingerprint density at radius 3 is 2.64 bits per heavy atom. The lowest BCUT2D eigenvalue weighted by Crippen LogP contribution is -2.23. The fraction of sp³-hybridized carbons (Fsp3) is 0.176. The summed E-state index contributed by atoms with van der Waals surface area (Å²) in [5.74, 6) is 1.91. The molecule has 2 heterocycles. The summed E-state index contributed by atoms with van der Waals surface area (Å²) < 4.78 is 43.6. The second-order valence-corrected chi connectivity index (χ2v) is 7.77. The molecule has 0 amide bonds. The first-order valence-corrected chi connectivity index (χ1v) is 9.74. The Hall–Kier alpha value is -2.29. The Kier molecular flexibility index (Phi) is 5.12. The van der Waals surface area contributed by atoms with Crippen molar-refractivity contribution in [3.63, 3.8) is 0 Å². The van der Waals surface area contributed by atoms with E-state index in [2.05, 4.69) is 4.72 Å². The molecule has 0 aliphatic heterocycles. The molecule has 1 N–H and O–H groups in total. The number of rotatable bonds is 7. The molecule has 3 aromatic rings. The average molecular weight is 379 g/mol. The van der Waals surface area contributed by atoms with Gasteiger partial charge in [-0.05, 0) is 35.7 Å². The Morgan fingerprint density at radius 1 is 1.12 bits per heavy atom. The minimum Gasteiger partial charge on any atom is -0.497 e. The number of benzene rings is 1. The van der Waals surface area contributed by atoms with Gasteiger partial charge in [-0.1, -0.05) is 6.07 Å². The lowest BCUT2D eigenvalue weighted by molar-refractivity contribution is 0.391. The van der Waals surface area contributed by atoms with E-state index in [1.54, 1.807) is 29.5 Å². The summed E-state index contributed by atoms with van der Waals surface area (Å²) in [6, 6.07) is 12.0. The maximum absolute atomic E-state index is 12.6. The van der Waals surface area contributed by atoms with Crippen LogP contribution < -0.4 is 14.2 Å². The van der Waals surface area contributed by atoms with E-state index in [-0.39, 0.29) is 17.2 Å². The van der Waals surface area contributed by atoms with Crippen LogP contribution in [-0.2, 0) is 16.6 Å². The Morgan fingerprint density at radius 2 is 1.96 bits per heavy atom. The number of ether oxygens (including phenoxy) is 2. The molecule has 0 radical (unpaired) electrons. The largest absolute Gasteiger partial charge is 0.497 e. The average Bonchev–Trinajstić information content (AvgIpc) is 3.30. The zero-order chi connectivity index (χ0) is 17.9. The normalized spacial score (nSPS) is 11.4. The number of nitrogens with one attached hydrogen (secondary N) is 1. The van der Waals surface area contributed by atoms with Gasteiger partial charge in [-0.15, -0.1) is 11.3 Å². The van der Waals surface area contributed by atoms with Crippen LogP contribution in [0, 0.1) is 0 Å². The standard InChI is InChI=1S/C17H17NO5S2/c1-21-12-5-8-15(22-2)17(10-12)25(19,20)18-11-13-6-7-14(23-13)16-4-3-9-24-16/h3-10,18H,11H2,1-2H3. The summed E-state index contributed by atoms with van der Waals surface area (Å²) in [6.07, 6.45) is 0. The molecule has 132 valence electrons. The van der Waals surface area contributed by atoms with Crippen LogP contribution in [0.2, 0.25) is 0 Å². The first kappa shape index (κ1) is 17.5. The quantitative estimate of drug-likeness (QED) is 0.680. The first-order chi connectivity index (χ1) is 12.0. The van der Waals surface area contributed by atoms with Crippen LogP contribution in [0.5, 0.6) is 11.5 Å². The maximum Gasteiger partial charge on any atom is 0.244 e. The zero-order valence-corrected chi connectivity index (χ0v) is 15.3. The molecule has 0 saturated carbocycles. The van der Waals surface area contributed by atoms with Crippen molar-refractivity contribution in [1.82, 2.24) is 4.72 Å². The number of methoxy groups -OCH3 is 2. The topological polar surface area (TPSA) is 77.8 Å². The van der Waals surface area contributed by atoms with Gasteiger partial charge in [-0.2, -0.15) is 0 Å². The third-order valence-electron chi connectivity index (χ3n) is 3.52. The van der Waals surface area contributed by atoms with Crippen LogP contribution in [0.1, 0.15) is 5.76 Å². The summed E-state index contributed by atoms with van der Waals surface area (Å²) in [4.78, 5) is 1.00. The number of hydrogen-bond donors (Lipinski definition) is 1. The fourth-order valence-corrected chi connectivity index (χ4v) is 4.12. The van der Waals surface area contributed by atoms with Crippen molar-refractivity contribution in [3.8, 4) is 22.1 Å². The smallest absolute Gasteiger partial charge is 0.244 e. The van der Waals surface area contributed by atoms with Crippen molar-refractivity contribution in [2.24, 2.45) is 0 Å². The summed E-state index contributed by atoms with van der Waals surface area (Å²) in [5, 5.41) is 1.95.